The summed E-state index contributed by atoms with van der Waals surface area (Å²) in [4.78, 5) is 8.35. The van der Waals surface area contributed by atoms with Crippen LogP contribution in [0.1, 0.15) is 22.3 Å². The van der Waals surface area contributed by atoms with Gasteiger partial charge in [-0.25, -0.2) is 9.37 Å². The normalized spacial score (nSPS) is 10.6. The van der Waals surface area contributed by atoms with Gasteiger partial charge in [0.05, 0.1) is 6.20 Å². The van der Waals surface area contributed by atoms with Gasteiger partial charge in [-0.2, -0.15) is 4.98 Å². The number of aryl methyl sites for hydroxylation is 2. The van der Waals surface area contributed by atoms with Crippen molar-refractivity contribution in [2.45, 2.75) is 27.7 Å². The van der Waals surface area contributed by atoms with E-state index in [4.69, 9.17) is 0 Å². The topological polar surface area (TPSA) is 49.8 Å². The molecule has 128 valence electrons. The van der Waals surface area contributed by atoms with Crippen molar-refractivity contribution in [3.05, 3.63) is 70.7 Å². The zero-order valence-corrected chi connectivity index (χ0v) is 14.8. The lowest BCUT2D eigenvalue weighted by Gasteiger charge is -2.13. The summed E-state index contributed by atoms with van der Waals surface area (Å²) in [6.07, 6.45) is 1.17. The summed E-state index contributed by atoms with van der Waals surface area (Å²) in [6.45, 7) is 8.08. The number of hydrogen-bond donors (Lipinski definition) is 2. The van der Waals surface area contributed by atoms with Crippen LogP contribution >= 0.6 is 0 Å². The molecule has 0 unspecified atom stereocenters. The molecule has 0 spiro atoms. The van der Waals surface area contributed by atoms with E-state index in [-0.39, 0.29) is 5.82 Å². The van der Waals surface area contributed by atoms with Crippen LogP contribution in [0.25, 0.3) is 0 Å². The van der Waals surface area contributed by atoms with Crippen LogP contribution in [-0.2, 0) is 0 Å². The summed E-state index contributed by atoms with van der Waals surface area (Å²) in [5.74, 6) is 0.00633. The third kappa shape index (κ3) is 3.60. The molecule has 4 nitrogen and oxygen atoms in total. The van der Waals surface area contributed by atoms with Gasteiger partial charge in [-0.05, 0) is 62.1 Å². The third-order valence-electron chi connectivity index (χ3n) is 4.45. The zero-order chi connectivity index (χ0) is 18.0. The lowest BCUT2D eigenvalue weighted by atomic mass is 10.1. The molecule has 0 atom stereocenters. The van der Waals surface area contributed by atoms with Crippen LogP contribution in [0.4, 0.5) is 27.5 Å². The highest BCUT2D eigenvalue weighted by atomic mass is 19.1. The molecule has 2 N–H and O–H groups in total. The van der Waals surface area contributed by atoms with E-state index in [9.17, 15) is 4.39 Å². The number of benzene rings is 2. The molecule has 3 rings (SSSR count). The Balaban J connectivity index is 1.90. The van der Waals surface area contributed by atoms with E-state index in [1.54, 1.807) is 0 Å². The molecule has 0 aliphatic rings. The van der Waals surface area contributed by atoms with E-state index in [1.807, 2.05) is 64.1 Å². The summed E-state index contributed by atoms with van der Waals surface area (Å²) in [5, 5.41) is 6.23. The molecule has 0 bridgehead atoms. The number of aromatic nitrogens is 2. The van der Waals surface area contributed by atoms with Crippen LogP contribution in [0.15, 0.2) is 42.6 Å². The Labute approximate surface area is 147 Å². The van der Waals surface area contributed by atoms with Crippen molar-refractivity contribution in [3.63, 3.8) is 0 Å². The summed E-state index contributed by atoms with van der Waals surface area (Å²) < 4.78 is 14.2. The quantitative estimate of drug-likeness (QED) is 0.675. The standard InChI is InChI=1S/C20H21FN4/c1-12-7-5-9-17(14(12)3)23-19-16(21)11-22-20(25-19)24-18-10-6-8-13(2)15(18)4/h5-11H,1-4H3,(H2,22,23,24,25). The van der Waals surface area contributed by atoms with E-state index < -0.39 is 5.82 Å². The van der Waals surface area contributed by atoms with Crippen LogP contribution in [0.5, 0.6) is 0 Å². The lowest BCUT2D eigenvalue weighted by Crippen LogP contribution is -2.05. The molecule has 25 heavy (non-hydrogen) atoms. The van der Waals surface area contributed by atoms with Crippen LogP contribution < -0.4 is 10.6 Å². The Morgan fingerprint density at radius 3 is 1.96 bits per heavy atom. The number of nitrogens with one attached hydrogen (secondary N) is 2. The minimum Gasteiger partial charge on any atom is -0.337 e. The highest BCUT2D eigenvalue weighted by Crippen LogP contribution is 2.25. The molecule has 2 aromatic carbocycles. The van der Waals surface area contributed by atoms with Gasteiger partial charge in [-0.3, -0.25) is 0 Å². The number of anilines is 4. The minimum atomic E-state index is -0.493. The summed E-state index contributed by atoms with van der Waals surface area (Å²) in [7, 11) is 0. The SMILES string of the molecule is Cc1cccc(Nc2ncc(F)c(Nc3cccc(C)c3C)n2)c1C. The second kappa shape index (κ2) is 6.89. The molecule has 1 heterocycles. The number of rotatable bonds is 4. The van der Waals surface area contributed by atoms with Crippen molar-refractivity contribution >= 4 is 23.1 Å². The fraction of sp³-hybridized carbons (Fsp3) is 0.200. The predicted octanol–water partition coefficient (Wildman–Crippen LogP) is 5.34. The molecule has 0 saturated heterocycles. The second-order valence-electron chi connectivity index (χ2n) is 6.14. The summed E-state index contributed by atoms with van der Waals surface area (Å²) in [6, 6.07) is 11.8. The van der Waals surface area contributed by atoms with Crippen LogP contribution in [-0.4, -0.2) is 9.97 Å². The maximum atomic E-state index is 14.2. The number of nitrogens with zero attached hydrogens (tertiary/aromatic N) is 2. The monoisotopic (exact) mass is 336 g/mol. The molecule has 0 aliphatic carbocycles. The molecular formula is C20H21FN4. The highest BCUT2D eigenvalue weighted by Gasteiger charge is 2.10. The molecule has 0 radical (unpaired) electrons. The summed E-state index contributed by atoms with van der Waals surface area (Å²) in [5.41, 5.74) is 6.21. The van der Waals surface area contributed by atoms with Crippen molar-refractivity contribution in [3.8, 4) is 0 Å². The largest absolute Gasteiger partial charge is 0.337 e. The number of halogens is 1. The lowest BCUT2D eigenvalue weighted by molar-refractivity contribution is 0.619. The summed E-state index contributed by atoms with van der Waals surface area (Å²) >= 11 is 0. The van der Waals surface area contributed by atoms with E-state index in [2.05, 4.69) is 20.6 Å². The first-order valence-electron chi connectivity index (χ1n) is 8.14. The Kier molecular flexibility index (Phi) is 4.65. The molecular weight excluding hydrogens is 315 g/mol. The molecule has 0 saturated carbocycles. The van der Waals surface area contributed by atoms with Gasteiger partial charge in [0.25, 0.3) is 0 Å². The first kappa shape index (κ1) is 16.9. The van der Waals surface area contributed by atoms with Gasteiger partial charge in [-0.15, -0.1) is 0 Å². The third-order valence-corrected chi connectivity index (χ3v) is 4.45. The maximum Gasteiger partial charge on any atom is 0.229 e. The fourth-order valence-electron chi connectivity index (χ4n) is 2.54. The maximum absolute atomic E-state index is 14.2. The molecule has 0 amide bonds. The minimum absolute atomic E-state index is 0.150. The Morgan fingerprint density at radius 1 is 0.800 bits per heavy atom. The molecule has 3 aromatic rings. The van der Waals surface area contributed by atoms with Crippen LogP contribution in [0.2, 0.25) is 0 Å². The Bertz CT molecular complexity index is 922. The van der Waals surface area contributed by atoms with E-state index in [0.717, 1.165) is 28.1 Å². The van der Waals surface area contributed by atoms with Crippen LogP contribution in [0, 0.1) is 33.5 Å². The Morgan fingerprint density at radius 2 is 1.36 bits per heavy atom. The van der Waals surface area contributed by atoms with Crippen molar-refractivity contribution in [2.24, 2.45) is 0 Å². The second-order valence-corrected chi connectivity index (χ2v) is 6.14. The smallest absolute Gasteiger partial charge is 0.229 e. The molecule has 5 heteroatoms. The van der Waals surface area contributed by atoms with Crippen molar-refractivity contribution in [2.75, 3.05) is 10.6 Å². The molecule has 0 fully saturated rings. The van der Waals surface area contributed by atoms with Crippen LogP contribution in [0.3, 0.4) is 0 Å². The van der Waals surface area contributed by atoms with Crippen molar-refractivity contribution in [1.29, 1.82) is 0 Å². The van der Waals surface area contributed by atoms with E-state index in [1.165, 1.54) is 11.8 Å². The van der Waals surface area contributed by atoms with Gasteiger partial charge in [0.1, 0.15) is 0 Å². The fourth-order valence-corrected chi connectivity index (χ4v) is 2.54. The first-order valence-corrected chi connectivity index (χ1v) is 8.14. The average Bonchev–Trinajstić information content (AvgIpc) is 2.59. The first-order chi connectivity index (χ1) is 12.0. The van der Waals surface area contributed by atoms with E-state index >= 15 is 0 Å². The highest BCUT2D eigenvalue weighted by molar-refractivity contribution is 5.65. The Hall–Kier alpha value is -2.95. The molecule has 0 aliphatic heterocycles. The van der Waals surface area contributed by atoms with Gasteiger partial charge in [0.15, 0.2) is 11.6 Å². The van der Waals surface area contributed by atoms with Gasteiger partial charge >= 0.3 is 0 Å². The van der Waals surface area contributed by atoms with Gasteiger partial charge in [0, 0.05) is 11.4 Å². The van der Waals surface area contributed by atoms with E-state index in [0.29, 0.717) is 5.95 Å². The zero-order valence-electron chi connectivity index (χ0n) is 14.8. The average molecular weight is 336 g/mol. The van der Waals surface area contributed by atoms with Crippen molar-refractivity contribution in [1.82, 2.24) is 9.97 Å². The molecule has 1 aromatic heterocycles. The predicted molar refractivity (Wildman–Crippen MR) is 100 cm³/mol. The number of hydrogen-bond acceptors (Lipinski definition) is 4. The van der Waals surface area contributed by atoms with Gasteiger partial charge in [0.2, 0.25) is 5.95 Å². The van der Waals surface area contributed by atoms with Gasteiger partial charge < -0.3 is 10.6 Å². The van der Waals surface area contributed by atoms with Crippen molar-refractivity contribution < 1.29 is 4.39 Å². The van der Waals surface area contributed by atoms with Gasteiger partial charge in [-0.1, -0.05) is 24.3 Å².